The van der Waals surface area contributed by atoms with Gasteiger partial charge in [-0.3, -0.25) is 43.7 Å². The minimum atomic E-state index is -4.87. The summed E-state index contributed by atoms with van der Waals surface area (Å²) < 4.78 is 205. The molecular weight excluding hydrogens is 1880 g/mol. The van der Waals surface area contributed by atoms with Crippen molar-refractivity contribution in [3.63, 3.8) is 0 Å². The predicted octanol–water partition coefficient (Wildman–Crippen LogP) is 10.8. The number of carboxylic acid groups (broad SMARTS) is 2. The predicted molar refractivity (Wildman–Crippen MR) is 472 cm³/mol. The summed E-state index contributed by atoms with van der Waals surface area (Å²) in [5.41, 5.74) is 3.90. The SMILES string of the molecule is C=CS(=O)(=O)N1CCC2(CC1)N=C(c1cccc(OC(F)(F)F)c1)NC2=O.CC(=O)N1CCN(C(=O)c2cc(C)c(/C=C/S(=O)(=O)N3CCC4(CC3)N=C(c3cccc(OC(F)(F)F)c3)NC4=O)c(C)c2)CC1.CC(=O)N1CCNCC1.Cc1cc(C(=O)O)cc(C)c1/C=C/S(=O)(=O)N1CCC2(CC1)N=C(c1cccc(OC(F)(F)F)c1)NC2=O.Cc1cc(C(=O)O)cc(C)c1Br. The first-order valence-corrected chi connectivity index (χ1v) is 46.2. The number of sulfonamides is 3. The summed E-state index contributed by atoms with van der Waals surface area (Å²) in [6.45, 7) is 22.8. The molecule has 0 saturated carbocycles. The number of nitrogens with zero attached hydrogens (tertiary/aromatic N) is 9. The van der Waals surface area contributed by atoms with Crippen LogP contribution in [0.1, 0.15) is 145 Å². The lowest BCUT2D eigenvalue weighted by Gasteiger charge is -2.34. The van der Waals surface area contributed by atoms with E-state index in [1.165, 1.54) is 80.5 Å². The molecule has 0 bridgehead atoms. The first-order chi connectivity index (χ1) is 61.6. The van der Waals surface area contributed by atoms with Crippen LogP contribution in [0.15, 0.2) is 151 Å². The summed E-state index contributed by atoms with van der Waals surface area (Å²) in [7, 11) is -11.3. The second kappa shape index (κ2) is 41.6. The van der Waals surface area contributed by atoms with Gasteiger partial charge in [0.05, 0.1) is 11.1 Å². The second-order valence-corrected chi connectivity index (χ2v) is 38.1. The molecule has 14 rings (SSSR count). The molecule has 6 N–H and O–H groups in total. The first-order valence-electron chi connectivity index (χ1n) is 40.9. The van der Waals surface area contributed by atoms with Gasteiger partial charge in [0.1, 0.15) is 51.4 Å². The molecule has 5 saturated heterocycles. The Morgan fingerprint density at radius 2 is 0.705 bits per heavy atom. The van der Waals surface area contributed by atoms with Crippen LogP contribution in [0, 0.1) is 41.5 Å². The van der Waals surface area contributed by atoms with Crippen LogP contribution in [-0.2, 0) is 54.0 Å². The normalized spacial score (nSPS) is 18.2. The molecule has 0 aromatic heterocycles. The Labute approximate surface area is 763 Å². The number of rotatable bonds is 17. The van der Waals surface area contributed by atoms with Gasteiger partial charge in [0.25, 0.3) is 23.6 Å². The van der Waals surface area contributed by atoms with Crippen molar-refractivity contribution in [2.45, 2.75) is 130 Å². The second-order valence-electron chi connectivity index (χ2n) is 31.8. The van der Waals surface area contributed by atoms with Crippen molar-refractivity contribution < 1.29 is 128 Å². The first kappa shape index (κ1) is 102. The summed E-state index contributed by atoms with van der Waals surface area (Å²) in [6, 6.07) is 25.0. The van der Waals surface area contributed by atoms with Gasteiger partial charge in [-0.25, -0.2) is 34.8 Å². The van der Waals surface area contributed by atoms with E-state index in [1.54, 1.807) is 68.7 Å². The van der Waals surface area contributed by atoms with E-state index >= 15 is 0 Å². The highest BCUT2D eigenvalue weighted by molar-refractivity contribution is 9.10. The smallest absolute Gasteiger partial charge is 0.478 e. The van der Waals surface area contributed by atoms with Gasteiger partial charge >= 0.3 is 31.0 Å². The number of carboxylic acids is 2. The number of aromatic carboxylic acids is 2. The number of amidine groups is 3. The number of aryl methyl sites for hydroxylation is 6. The third-order valence-electron chi connectivity index (χ3n) is 22.7. The molecule has 32 nitrogen and oxygen atoms in total. The number of piperazine rings is 2. The van der Waals surface area contributed by atoms with E-state index in [4.69, 9.17) is 5.11 Å². The number of carbonyl (C=O) groups is 8. The van der Waals surface area contributed by atoms with Gasteiger partial charge in [0.2, 0.25) is 41.9 Å². The molecule has 3 spiro atoms. The van der Waals surface area contributed by atoms with E-state index in [0.29, 0.717) is 59.6 Å². The number of piperidine rings is 3. The number of hydrogen-bond acceptors (Lipinski definition) is 21. The molecule has 132 heavy (non-hydrogen) atoms. The van der Waals surface area contributed by atoms with Gasteiger partial charge in [-0.1, -0.05) is 58.9 Å². The van der Waals surface area contributed by atoms with E-state index in [0.717, 1.165) is 106 Å². The standard InChI is InChI=1S/C31H34F3N5O6S.C25H24F3N3O6S.C16H16F3N3O4S.C9H9BrO2.C6H12N2O/c1-20-17-24(28(41)38-14-12-37(13-15-38)22(3)40)18-21(2)26(20)7-16-46(43,44)39-10-8-30(9-11-39)29(42)35-27(36-30)23-5-4-6-25(19-23)45-31(32,33)34;1-15-12-18(22(32)33)13-16(2)20(15)6-11-38(35,36)31-9-7-24(8-10-31)23(34)29-21(30-24)17-4-3-5-19(14-17)37-25(26,27)28;1-2-27(24,25)22-8-6-15(7-9-22)14(23)20-13(21-15)11-4-3-5-12(10-11)26-16(17,18)19;1-5-3-7(9(11)12)4-6(2)8(5)10;1-6(9)8-4-2-7-3-5-8/h4-7,16-19H,8-15H2,1-3H3,(H,35,36,42);3-6,11-14H,7-10H2,1-2H3,(H,32,33)(H,29,30,34);2-5,10H,1,6-9H2,(H,20,21,23);3-4H,1-2H3,(H,11,12);7H,2-5H2,1H3/b16-7+;11-6+;;;. The summed E-state index contributed by atoms with van der Waals surface area (Å²) in [6.07, 6.45) is -11.0. The zero-order valence-corrected chi connectivity index (χ0v) is 76.5. The minimum absolute atomic E-state index is 0.00398. The highest BCUT2D eigenvalue weighted by Gasteiger charge is 2.51. The zero-order valence-electron chi connectivity index (χ0n) is 72.5. The van der Waals surface area contributed by atoms with Crippen molar-refractivity contribution in [3.05, 3.63) is 214 Å². The summed E-state index contributed by atoms with van der Waals surface area (Å²) in [5, 5.41) is 31.9. The average molecular weight is 1970 g/mol. The Bertz CT molecular complexity index is 5920. The van der Waals surface area contributed by atoms with E-state index < -0.39 is 113 Å². The summed E-state index contributed by atoms with van der Waals surface area (Å²) in [5.74, 6) is -4.26. The highest BCUT2D eigenvalue weighted by Crippen LogP contribution is 2.39. The Balaban J connectivity index is 0.000000188. The molecule has 710 valence electrons. The molecule has 5 fully saturated rings. The number of halogens is 10. The zero-order chi connectivity index (χ0) is 97.2. The highest BCUT2D eigenvalue weighted by atomic mass is 79.9. The monoisotopic (exact) mass is 1970 g/mol. The van der Waals surface area contributed by atoms with Crippen molar-refractivity contribution in [1.29, 1.82) is 0 Å². The number of amides is 6. The number of alkyl halides is 9. The van der Waals surface area contributed by atoms with Crippen LogP contribution in [0.4, 0.5) is 39.5 Å². The van der Waals surface area contributed by atoms with Crippen LogP contribution in [0.5, 0.6) is 17.2 Å². The number of carbonyl (C=O) groups excluding carboxylic acids is 6. The number of hydrogen-bond donors (Lipinski definition) is 6. The molecule has 45 heteroatoms. The van der Waals surface area contributed by atoms with Crippen LogP contribution >= 0.6 is 15.9 Å². The summed E-state index contributed by atoms with van der Waals surface area (Å²) >= 11 is 3.37. The largest absolute Gasteiger partial charge is 0.573 e. The third kappa shape index (κ3) is 26.2. The van der Waals surface area contributed by atoms with E-state index in [9.17, 15) is 108 Å². The van der Waals surface area contributed by atoms with Crippen molar-refractivity contribution in [1.82, 2.24) is 48.9 Å². The van der Waals surface area contributed by atoms with Gasteiger partial charge in [0, 0.05) is 148 Å². The van der Waals surface area contributed by atoms with Gasteiger partial charge in [-0.2, -0.15) is 12.9 Å². The molecule has 8 heterocycles. The fraction of sp³-hybridized carbons (Fsp3) is 0.391. The average Bonchev–Trinajstić information content (AvgIpc) is 1.61. The van der Waals surface area contributed by atoms with Crippen LogP contribution in [0.25, 0.3) is 12.2 Å². The van der Waals surface area contributed by atoms with Crippen molar-refractivity contribution >= 4 is 123 Å². The molecule has 6 aromatic rings. The maximum absolute atomic E-state index is 13.3. The van der Waals surface area contributed by atoms with Gasteiger partial charge in [0.15, 0.2) is 0 Å². The maximum Gasteiger partial charge on any atom is 0.573 e. The maximum atomic E-state index is 13.3. The molecule has 6 amide bonds. The summed E-state index contributed by atoms with van der Waals surface area (Å²) in [4.78, 5) is 114. The van der Waals surface area contributed by atoms with Gasteiger partial charge in [-0.05, 0) is 210 Å². The number of nitrogens with one attached hydrogen (secondary N) is 4. The number of aliphatic imine (C=N–C) groups is 3. The Morgan fingerprint density at radius 1 is 0.424 bits per heavy atom. The molecule has 8 aliphatic heterocycles. The lowest BCUT2D eigenvalue weighted by atomic mass is 9.89. The van der Waals surface area contributed by atoms with Gasteiger partial charge < -0.3 is 60.4 Å². The minimum Gasteiger partial charge on any atom is -0.478 e. The lowest BCUT2D eigenvalue weighted by molar-refractivity contribution is -0.275. The number of benzene rings is 6. The van der Waals surface area contributed by atoms with Gasteiger partial charge in [-0.15, -0.1) is 39.5 Å². The Morgan fingerprint density at radius 3 is 0.985 bits per heavy atom. The Kier molecular flexibility index (Phi) is 32.2. The van der Waals surface area contributed by atoms with Crippen LogP contribution in [0.3, 0.4) is 0 Å². The van der Waals surface area contributed by atoms with Crippen molar-refractivity contribution in [2.75, 3.05) is 91.6 Å². The molecule has 0 unspecified atom stereocenters. The van der Waals surface area contributed by atoms with Crippen LogP contribution in [-0.4, -0.2) is 255 Å². The van der Waals surface area contributed by atoms with E-state index in [2.05, 4.69) is 73.0 Å². The Hall–Kier alpha value is -11.8. The van der Waals surface area contributed by atoms with E-state index in [-0.39, 0.29) is 135 Å². The number of ether oxygens (including phenoxy) is 3. The fourth-order valence-corrected chi connectivity index (χ4v) is 19.1. The fourth-order valence-electron chi connectivity index (χ4n) is 15.6. The quantitative estimate of drug-likeness (QED) is 0.0462. The third-order valence-corrected chi connectivity index (χ3v) is 28.5. The lowest BCUT2D eigenvalue weighted by Crippen LogP contribution is -2.50. The molecule has 6 aromatic carbocycles. The van der Waals surface area contributed by atoms with Crippen molar-refractivity contribution in [2.24, 2.45) is 15.0 Å². The molecule has 0 aliphatic carbocycles. The topological polar surface area (TPSA) is 412 Å². The molecule has 0 atom stereocenters. The molecular formula is C87H95BrF9N13O19S3. The molecule has 0 radical (unpaired) electrons. The molecule has 8 aliphatic rings. The van der Waals surface area contributed by atoms with Crippen LogP contribution < -0.4 is 35.5 Å². The van der Waals surface area contributed by atoms with Crippen LogP contribution in [0.2, 0.25) is 0 Å². The van der Waals surface area contributed by atoms with E-state index in [1.807, 2.05) is 18.7 Å². The van der Waals surface area contributed by atoms with Crippen molar-refractivity contribution in [3.8, 4) is 17.2 Å².